The second kappa shape index (κ2) is 8.47. The Morgan fingerprint density at radius 3 is 2.41 bits per heavy atom. The minimum Gasteiger partial charge on any atom is -0.496 e. The van der Waals surface area contributed by atoms with Gasteiger partial charge < -0.3 is 9.64 Å². The number of hydrogen-bond acceptors (Lipinski definition) is 6. The molecular formula is C18H18BrN3O6S. The summed E-state index contributed by atoms with van der Waals surface area (Å²) in [6.45, 7) is 0.648. The molecule has 0 atom stereocenters. The van der Waals surface area contributed by atoms with Crippen molar-refractivity contribution in [3.05, 3.63) is 62.6 Å². The van der Waals surface area contributed by atoms with E-state index in [4.69, 9.17) is 4.74 Å². The summed E-state index contributed by atoms with van der Waals surface area (Å²) in [5.74, 6) is 0.398. The van der Waals surface area contributed by atoms with E-state index in [9.17, 15) is 23.3 Å². The average molecular weight is 484 g/mol. The molecule has 1 aliphatic rings. The summed E-state index contributed by atoms with van der Waals surface area (Å²) in [4.78, 5) is 24.4. The molecule has 0 aromatic heterocycles. The van der Waals surface area contributed by atoms with Gasteiger partial charge in [0.15, 0.2) is 0 Å². The van der Waals surface area contributed by atoms with Crippen molar-refractivity contribution in [1.82, 2.24) is 9.21 Å². The fourth-order valence-corrected chi connectivity index (χ4v) is 5.02. The summed E-state index contributed by atoms with van der Waals surface area (Å²) in [6.07, 6.45) is 0. The molecule has 0 radical (unpaired) electrons. The van der Waals surface area contributed by atoms with Crippen LogP contribution in [-0.4, -0.2) is 61.7 Å². The van der Waals surface area contributed by atoms with Crippen LogP contribution in [0.2, 0.25) is 0 Å². The highest BCUT2D eigenvalue weighted by molar-refractivity contribution is 9.10. The van der Waals surface area contributed by atoms with Crippen LogP contribution in [0, 0.1) is 10.1 Å². The normalized spacial score (nSPS) is 15.2. The van der Waals surface area contributed by atoms with Crippen molar-refractivity contribution in [3.8, 4) is 5.75 Å². The van der Waals surface area contributed by atoms with E-state index in [0.29, 0.717) is 15.8 Å². The lowest BCUT2D eigenvalue weighted by Gasteiger charge is -2.34. The van der Waals surface area contributed by atoms with Gasteiger partial charge in [-0.3, -0.25) is 14.9 Å². The molecule has 29 heavy (non-hydrogen) atoms. The molecule has 0 spiro atoms. The van der Waals surface area contributed by atoms with E-state index in [1.165, 1.54) is 29.6 Å². The van der Waals surface area contributed by atoms with Crippen LogP contribution in [0.15, 0.2) is 51.8 Å². The third kappa shape index (κ3) is 4.41. The summed E-state index contributed by atoms with van der Waals surface area (Å²) in [6, 6.07) is 9.94. The molecule has 0 bridgehead atoms. The van der Waals surface area contributed by atoms with Crippen molar-refractivity contribution < 1.29 is 22.9 Å². The SMILES string of the molecule is COc1ccc(C(=O)N2CCN(S(=O)(=O)c3cccc([N+](=O)[O-])c3)CC2)cc1Br. The first-order valence-corrected chi connectivity index (χ1v) is 10.8. The van der Waals surface area contributed by atoms with Crippen LogP contribution in [0.5, 0.6) is 5.75 Å². The fourth-order valence-electron chi connectivity index (χ4n) is 3.02. The Balaban J connectivity index is 1.71. The van der Waals surface area contributed by atoms with Crippen LogP contribution in [0.25, 0.3) is 0 Å². The van der Waals surface area contributed by atoms with E-state index >= 15 is 0 Å². The lowest BCUT2D eigenvalue weighted by Crippen LogP contribution is -2.50. The van der Waals surface area contributed by atoms with Crippen molar-refractivity contribution in [2.24, 2.45) is 0 Å². The van der Waals surface area contributed by atoms with Gasteiger partial charge in [-0.1, -0.05) is 6.07 Å². The maximum Gasteiger partial charge on any atom is 0.270 e. The molecule has 1 fully saturated rings. The number of amides is 1. The van der Waals surface area contributed by atoms with E-state index in [-0.39, 0.29) is 42.7 Å². The topological polar surface area (TPSA) is 110 Å². The van der Waals surface area contributed by atoms with Gasteiger partial charge in [0, 0.05) is 43.9 Å². The van der Waals surface area contributed by atoms with E-state index in [1.54, 1.807) is 23.1 Å². The zero-order valence-corrected chi connectivity index (χ0v) is 17.8. The Hall–Kier alpha value is -2.50. The van der Waals surface area contributed by atoms with Gasteiger partial charge in [0.25, 0.3) is 11.6 Å². The number of non-ortho nitro benzene ring substituents is 1. The number of nitro groups is 1. The molecule has 154 valence electrons. The number of methoxy groups -OCH3 is 1. The number of nitrogens with zero attached hydrogens (tertiary/aromatic N) is 3. The summed E-state index contributed by atoms with van der Waals surface area (Å²) in [5.41, 5.74) is 0.178. The van der Waals surface area contributed by atoms with E-state index in [2.05, 4.69) is 15.9 Å². The number of benzene rings is 2. The van der Waals surface area contributed by atoms with Crippen molar-refractivity contribution in [3.63, 3.8) is 0 Å². The molecular weight excluding hydrogens is 466 g/mol. The Labute approximate surface area is 176 Å². The quantitative estimate of drug-likeness (QED) is 0.477. The highest BCUT2D eigenvalue weighted by atomic mass is 79.9. The van der Waals surface area contributed by atoms with Gasteiger partial charge in [-0.05, 0) is 40.2 Å². The van der Waals surface area contributed by atoms with Crippen LogP contribution in [0.1, 0.15) is 10.4 Å². The van der Waals surface area contributed by atoms with Crippen LogP contribution in [-0.2, 0) is 10.0 Å². The van der Waals surface area contributed by atoms with E-state index in [1.807, 2.05) is 0 Å². The summed E-state index contributed by atoms with van der Waals surface area (Å²) >= 11 is 3.35. The number of sulfonamides is 1. The number of rotatable bonds is 5. The van der Waals surface area contributed by atoms with Gasteiger partial charge in [0.2, 0.25) is 10.0 Å². The Morgan fingerprint density at radius 1 is 1.14 bits per heavy atom. The summed E-state index contributed by atoms with van der Waals surface area (Å²) < 4.78 is 32.6. The first-order valence-electron chi connectivity index (χ1n) is 8.61. The Morgan fingerprint density at radius 2 is 1.83 bits per heavy atom. The van der Waals surface area contributed by atoms with Crippen molar-refractivity contribution in [2.45, 2.75) is 4.90 Å². The maximum absolute atomic E-state index is 12.8. The zero-order chi connectivity index (χ0) is 21.2. The molecule has 0 N–H and O–H groups in total. The monoisotopic (exact) mass is 483 g/mol. The molecule has 0 aliphatic carbocycles. The lowest BCUT2D eigenvalue weighted by atomic mass is 10.2. The van der Waals surface area contributed by atoms with Crippen molar-refractivity contribution in [2.75, 3.05) is 33.3 Å². The smallest absolute Gasteiger partial charge is 0.270 e. The number of nitro benzene ring substituents is 1. The highest BCUT2D eigenvalue weighted by Gasteiger charge is 2.31. The first-order chi connectivity index (χ1) is 13.7. The standard InChI is InChI=1S/C18H18BrN3O6S/c1-28-17-6-5-13(11-16(17)19)18(23)20-7-9-21(10-8-20)29(26,27)15-4-2-3-14(12-15)22(24)25/h2-6,11-12H,7-10H2,1H3. The molecule has 1 aliphatic heterocycles. The molecule has 1 heterocycles. The fraction of sp³-hybridized carbons (Fsp3) is 0.278. The molecule has 0 unspecified atom stereocenters. The van der Waals surface area contributed by atoms with E-state index < -0.39 is 14.9 Å². The molecule has 0 saturated carbocycles. The van der Waals surface area contributed by atoms with Gasteiger partial charge >= 0.3 is 0 Å². The van der Waals surface area contributed by atoms with Gasteiger partial charge in [0.05, 0.1) is 21.4 Å². The number of piperazine rings is 1. The molecule has 2 aromatic carbocycles. The molecule has 9 nitrogen and oxygen atoms in total. The van der Waals surface area contributed by atoms with Gasteiger partial charge in [0.1, 0.15) is 5.75 Å². The van der Waals surface area contributed by atoms with Crippen LogP contribution in [0.3, 0.4) is 0 Å². The highest BCUT2D eigenvalue weighted by Crippen LogP contribution is 2.27. The molecule has 2 aromatic rings. The number of hydrogen-bond donors (Lipinski definition) is 0. The number of halogens is 1. The number of carbonyl (C=O) groups excluding carboxylic acids is 1. The van der Waals surface area contributed by atoms with Gasteiger partial charge in [-0.15, -0.1) is 0 Å². The second-order valence-electron chi connectivity index (χ2n) is 6.30. The molecule has 11 heteroatoms. The first kappa shape index (κ1) is 21.2. The third-order valence-corrected chi connectivity index (χ3v) is 7.11. The van der Waals surface area contributed by atoms with Gasteiger partial charge in [-0.2, -0.15) is 4.31 Å². The average Bonchev–Trinajstić information content (AvgIpc) is 2.73. The van der Waals surface area contributed by atoms with E-state index in [0.717, 1.165) is 6.07 Å². The Kier molecular flexibility index (Phi) is 6.20. The van der Waals surface area contributed by atoms with Crippen LogP contribution >= 0.6 is 15.9 Å². The minimum atomic E-state index is -3.88. The summed E-state index contributed by atoms with van der Waals surface area (Å²) in [7, 11) is -2.35. The molecule has 1 saturated heterocycles. The molecule has 3 rings (SSSR count). The zero-order valence-electron chi connectivity index (χ0n) is 15.4. The van der Waals surface area contributed by atoms with Crippen molar-refractivity contribution in [1.29, 1.82) is 0 Å². The lowest BCUT2D eigenvalue weighted by molar-refractivity contribution is -0.385. The third-order valence-electron chi connectivity index (χ3n) is 4.59. The van der Waals surface area contributed by atoms with Crippen molar-refractivity contribution >= 4 is 37.5 Å². The summed E-state index contributed by atoms with van der Waals surface area (Å²) in [5, 5.41) is 10.9. The number of ether oxygens (including phenoxy) is 1. The predicted octanol–water partition coefficient (Wildman–Crippen LogP) is 2.51. The number of carbonyl (C=O) groups is 1. The van der Waals surface area contributed by atoms with Gasteiger partial charge in [-0.25, -0.2) is 8.42 Å². The predicted molar refractivity (Wildman–Crippen MR) is 108 cm³/mol. The largest absolute Gasteiger partial charge is 0.496 e. The maximum atomic E-state index is 12.8. The second-order valence-corrected chi connectivity index (χ2v) is 9.09. The minimum absolute atomic E-state index is 0.105. The Bertz CT molecular complexity index is 1050. The van der Waals surface area contributed by atoms with Crippen LogP contribution < -0.4 is 4.74 Å². The molecule has 1 amide bonds. The van der Waals surface area contributed by atoms with Crippen LogP contribution in [0.4, 0.5) is 5.69 Å².